The van der Waals surface area contributed by atoms with Crippen molar-refractivity contribution in [2.24, 2.45) is 11.1 Å². The summed E-state index contributed by atoms with van der Waals surface area (Å²) in [6, 6.07) is 3.58. The van der Waals surface area contributed by atoms with E-state index in [1.54, 1.807) is 20.1 Å². The maximum atomic E-state index is 12.2. The van der Waals surface area contributed by atoms with Crippen LogP contribution in [0.25, 0.3) is 0 Å². The molecule has 7 nitrogen and oxygen atoms in total. The lowest BCUT2D eigenvalue weighted by Gasteiger charge is -2.26. The monoisotopic (exact) mass is 335 g/mol. The largest absolute Gasteiger partial charge is 0.493 e. The molecule has 0 fully saturated rings. The van der Waals surface area contributed by atoms with Crippen molar-refractivity contribution in [1.29, 1.82) is 0 Å². The Morgan fingerprint density at radius 3 is 2.54 bits per heavy atom. The van der Waals surface area contributed by atoms with Crippen LogP contribution in [0.4, 0.5) is 0 Å². The van der Waals surface area contributed by atoms with Gasteiger partial charge in [-0.3, -0.25) is 4.79 Å². The molecule has 0 spiro atoms. The van der Waals surface area contributed by atoms with Crippen LogP contribution >= 0.6 is 0 Å². The Labute approximate surface area is 140 Å². The molecule has 0 unspecified atom stereocenters. The number of rotatable bonds is 5. The molecule has 0 saturated heterocycles. The van der Waals surface area contributed by atoms with Crippen LogP contribution in [-0.2, 0) is 25.6 Å². The lowest BCUT2D eigenvalue weighted by atomic mass is 9.82. The minimum absolute atomic E-state index is 0.299. The van der Waals surface area contributed by atoms with E-state index in [1.165, 1.54) is 14.0 Å². The Morgan fingerprint density at radius 1 is 1.21 bits per heavy atom. The van der Waals surface area contributed by atoms with E-state index in [1.807, 2.05) is 6.07 Å². The van der Waals surface area contributed by atoms with Crippen molar-refractivity contribution in [3.8, 4) is 11.5 Å². The Bertz CT molecular complexity index is 667. The van der Waals surface area contributed by atoms with Gasteiger partial charge in [-0.05, 0) is 25.5 Å². The van der Waals surface area contributed by atoms with Crippen LogP contribution in [0, 0.1) is 5.92 Å². The quantitative estimate of drug-likeness (QED) is 0.465. The second kappa shape index (κ2) is 7.81. The minimum Gasteiger partial charge on any atom is -0.493 e. The fourth-order valence-electron chi connectivity index (χ4n) is 2.76. The van der Waals surface area contributed by atoms with Gasteiger partial charge in [-0.15, -0.1) is 0 Å². The number of hydrogen-bond acceptors (Lipinski definition) is 7. The second-order valence-electron chi connectivity index (χ2n) is 5.31. The third-order valence-corrected chi connectivity index (χ3v) is 3.75. The smallest absolute Gasteiger partial charge is 0.331 e. The van der Waals surface area contributed by atoms with Crippen LogP contribution in [0.2, 0.25) is 0 Å². The van der Waals surface area contributed by atoms with Gasteiger partial charge in [0.15, 0.2) is 11.5 Å². The van der Waals surface area contributed by atoms with Gasteiger partial charge >= 0.3 is 11.9 Å². The molecule has 0 bridgehead atoms. The SMILES string of the molecule is CCOC(=O)[C@@H]1C/C(=N\OC(C)=O)c2ccc(OC)c(OC)c2C1. The first kappa shape index (κ1) is 17.8. The first-order valence-electron chi connectivity index (χ1n) is 7.67. The maximum Gasteiger partial charge on any atom is 0.331 e. The van der Waals surface area contributed by atoms with E-state index in [0.717, 1.165) is 11.1 Å². The number of ether oxygens (including phenoxy) is 3. The molecule has 7 heteroatoms. The summed E-state index contributed by atoms with van der Waals surface area (Å²) in [6.45, 7) is 3.32. The number of oxime groups is 1. The van der Waals surface area contributed by atoms with E-state index in [2.05, 4.69) is 5.16 Å². The number of carbonyl (C=O) groups excluding carboxylic acids is 2. The van der Waals surface area contributed by atoms with Crippen LogP contribution in [0.15, 0.2) is 17.3 Å². The highest BCUT2D eigenvalue weighted by Gasteiger charge is 2.33. The molecule has 0 amide bonds. The van der Waals surface area contributed by atoms with Crippen LogP contribution in [0.3, 0.4) is 0 Å². The van der Waals surface area contributed by atoms with E-state index in [9.17, 15) is 9.59 Å². The van der Waals surface area contributed by atoms with E-state index in [0.29, 0.717) is 36.7 Å². The summed E-state index contributed by atoms with van der Waals surface area (Å²) in [7, 11) is 3.08. The topological polar surface area (TPSA) is 83.4 Å². The van der Waals surface area contributed by atoms with E-state index in [4.69, 9.17) is 19.0 Å². The molecule has 1 aliphatic rings. The third kappa shape index (κ3) is 3.67. The normalized spacial score (nSPS) is 17.8. The highest BCUT2D eigenvalue weighted by atomic mass is 16.7. The van der Waals surface area contributed by atoms with Crippen molar-refractivity contribution in [3.05, 3.63) is 23.3 Å². The number of fused-ring (bicyclic) bond motifs is 1. The van der Waals surface area contributed by atoms with Crippen LogP contribution in [-0.4, -0.2) is 38.5 Å². The molecule has 1 atom stereocenters. The fraction of sp³-hybridized carbons (Fsp3) is 0.471. The van der Waals surface area contributed by atoms with Crippen molar-refractivity contribution >= 4 is 17.7 Å². The molecule has 1 aromatic carbocycles. The van der Waals surface area contributed by atoms with Crippen molar-refractivity contribution in [3.63, 3.8) is 0 Å². The zero-order valence-corrected chi connectivity index (χ0v) is 14.3. The number of benzene rings is 1. The molecule has 0 aromatic heterocycles. The maximum absolute atomic E-state index is 12.2. The van der Waals surface area contributed by atoms with Gasteiger partial charge < -0.3 is 19.0 Å². The molecule has 0 N–H and O–H groups in total. The Kier molecular flexibility index (Phi) is 5.78. The summed E-state index contributed by atoms with van der Waals surface area (Å²) < 4.78 is 15.9. The molecular weight excluding hydrogens is 314 g/mol. The molecule has 0 heterocycles. The lowest BCUT2D eigenvalue weighted by Crippen LogP contribution is -2.29. The molecule has 1 aromatic rings. The summed E-state index contributed by atoms with van der Waals surface area (Å²) in [5.41, 5.74) is 2.06. The van der Waals surface area contributed by atoms with Gasteiger partial charge in [-0.1, -0.05) is 5.16 Å². The van der Waals surface area contributed by atoms with Gasteiger partial charge in [-0.25, -0.2) is 4.79 Å². The molecule has 0 aliphatic heterocycles. The predicted molar refractivity (Wildman–Crippen MR) is 86.3 cm³/mol. The van der Waals surface area contributed by atoms with Gasteiger partial charge in [0.1, 0.15) is 0 Å². The fourth-order valence-corrected chi connectivity index (χ4v) is 2.76. The zero-order valence-electron chi connectivity index (χ0n) is 14.3. The van der Waals surface area contributed by atoms with Crippen molar-refractivity contribution in [2.45, 2.75) is 26.7 Å². The Morgan fingerprint density at radius 2 is 1.96 bits per heavy atom. The van der Waals surface area contributed by atoms with Crippen molar-refractivity contribution in [1.82, 2.24) is 0 Å². The van der Waals surface area contributed by atoms with Crippen LogP contribution in [0.5, 0.6) is 11.5 Å². The molecule has 0 saturated carbocycles. The number of carbonyl (C=O) groups is 2. The Hall–Kier alpha value is -2.57. The number of nitrogens with zero attached hydrogens (tertiary/aromatic N) is 1. The highest BCUT2D eigenvalue weighted by Crippen LogP contribution is 2.39. The summed E-state index contributed by atoms with van der Waals surface area (Å²) in [6.07, 6.45) is 0.766. The first-order valence-corrected chi connectivity index (χ1v) is 7.67. The summed E-state index contributed by atoms with van der Waals surface area (Å²) in [5.74, 6) is -0.161. The molecule has 2 rings (SSSR count). The van der Waals surface area contributed by atoms with Crippen LogP contribution in [0.1, 0.15) is 31.4 Å². The van der Waals surface area contributed by atoms with Gasteiger partial charge in [0.2, 0.25) is 0 Å². The lowest BCUT2D eigenvalue weighted by molar-refractivity contribution is -0.147. The average Bonchev–Trinajstić information content (AvgIpc) is 2.58. The number of methoxy groups -OCH3 is 2. The molecule has 1 aliphatic carbocycles. The summed E-state index contributed by atoms with van der Waals surface area (Å²) in [4.78, 5) is 28.0. The molecule has 130 valence electrons. The molecule has 0 radical (unpaired) electrons. The summed E-state index contributed by atoms with van der Waals surface area (Å²) in [5, 5.41) is 3.91. The molecule has 24 heavy (non-hydrogen) atoms. The van der Waals surface area contributed by atoms with Crippen molar-refractivity contribution in [2.75, 3.05) is 20.8 Å². The van der Waals surface area contributed by atoms with Gasteiger partial charge in [0.25, 0.3) is 0 Å². The van der Waals surface area contributed by atoms with Gasteiger partial charge in [0, 0.05) is 24.5 Å². The Balaban J connectivity index is 2.50. The number of esters is 1. The van der Waals surface area contributed by atoms with Crippen molar-refractivity contribution < 1.29 is 28.6 Å². The number of hydrogen-bond donors (Lipinski definition) is 0. The van der Waals surface area contributed by atoms with E-state index < -0.39 is 11.9 Å². The van der Waals surface area contributed by atoms with Gasteiger partial charge in [0.05, 0.1) is 32.5 Å². The third-order valence-electron chi connectivity index (χ3n) is 3.75. The zero-order chi connectivity index (χ0) is 17.7. The predicted octanol–water partition coefficient (Wildman–Crippen LogP) is 2.10. The first-order chi connectivity index (χ1) is 11.5. The summed E-state index contributed by atoms with van der Waals surface area (Å²) >= 11 is 0. The minimum atomic E-state index is -0.525. The van der Waals surface area contributed by atoms with Crippen LogP contribution < -0.4 is 9.47 Å². The average molecular weight is 335 g/mol. The standard InChI is InChI=1S/C17H21NO6/c1-5-23-17(20)11-8-13-12(14(9-11)18-24-10(2)19)6-7-15(21-3)16(13)22-4/h6-7,11H,5,8-9H2,1-4H3/b18-14+/t11-/m0/s1. The van der Waals surface area contributed by atoms with E-state index >= 15 is 0 Å². The molecular formula is C17H21NO6. The second-order valence-corrected chi connectivity index (χ2v) is 5.31. The highest BCUT2D eigenvalue weighted by molar-refractivity contribution is 6.05. The van der Waals surface area contributed by atoms with Gasteiger partial charge in [-0.2, -0.15) is 0 Å². The van der Waals surface area contributed by atoms with E-state index in [-0.39, 0.29) is 5.97 Å².